The Balaban J connectivity index is 0.00000112. The Morgan fingerprint density at radius 1 is 1.27 bits per heavy atom. The molecular weight excluding hydrogens is 236 g/mol. The van der Waals surface area contributed by atoms with Gasteiger partial charge in [0.05, 0.1) is 5.75 Å². The Bertz CT molecular complexity index is 307. The molecule has 0 radical (unpaired) electrons. The van der Waals surface area contributed by atoms with Gasteiger partial charge in [-0.2, -0.15) is 0 Å². The molecule has 0 aromatic rings. The van der Waals surface area contributed by atoms with Gasteiger partial charge in [-0.25, -0.2) is 12.7 Å². The third kappa shape index (κ3) is 2.84. The number of halogens is 1. The number of sulfonamides is 1. The van der Waals surface area contributed by atoms with E-state index in [-0.39, 0.29) is 18.2 Å². The van der Waals surface area contributed by atoms with Crippen LogP contribution in [0, 0.1) is 0 Å². The maximum atomic E-state index is 11.7. The van der Waals surface area contributed by atoms with Gasteiger partial charge in [-0.05, 0) is 26.2 Å². The fourth-order valence-corrected chi connectivity index (χ4v) is 3.50. The van der Waals surface area contributed by atoms with Crippen LogP contribution in [-0.4, -0.2) is 43.6 Å². The Labute approximate surface area is 97.9 Å². The number of nitrogens with one attached hydrogen (secondary N) is 1. The number of hydrogen-bond acceptors (Lipinski definition) is 3. The lowest BCUT2D eigenvalue weighted by atomic mass is 10.1. The van der Waals surface area contributed by atoms with E-state index >= 15 is 0 Å². The molecule has 90 valence electrons. The first-order chi connectivity index (χ1) is 6.62. The fourth-order valence-electron chi connectivity index (χ4n) is 2.35. The molecule has 2 heterocycles. The molecule has 2 atom stereocenters. The lowest BCUT2D eigenvalue weighted by Gasteiger charge is -2.22. The Kier molecular flexibility index (Phi) is 4.40. The van der Waals surface area contributed by atoms with Crippen LogP contribution in [-0.2, 0) is 10.0 Å². The summed E-state index contributed by atoms with van der Waals surface area (Å²) < 4.78 is 25.0. The van der Waals surface area contributed by atoms with Gasteiger partial charge in [0, 0.05) is 25.2 Å². The van der Waals surface area contributed by atoms with E-state index in [1.807, 2.05) is 0 Å². The first-order valence-electron chi connectivity index (χ1n) is 5.35. The molecule has 15 heavy (non-hydrogen) atoms. The van der Waals surface area contributed by atoms with Gasteiger partial charge in [-0.3, -0.25) is 0 Å². The molecule has 4 nitrogen and oxygen atoms in total. The van der Waals surface area contributed by atoms with Gasteiger partial charge < -0.3 is 5.32 Å². The molecule has 2 bridgehead atoms. The third-order valence-electron chi connectivity index (χ3n) is 3.24. The summed E-state index contributed by atoms with van der Waals surface area (Å²) in [5.74, 6) is 0.227. The summed E-state index contributed by atoms with van der Waals surface area (Å²) in [4.78, 5) is 0. The monoisotopic (exact) mass is 254 g/mol. The summed E-state index contributed by atoms with van der Waals surface area (Å²) in [5, 5.41) is 3.47. The maximum absolute atomic E-state index is 11.7. The number of nitrogens with zero attached hydrogens (tertiary/aromatic N) is 1. The topological polar surface area (TPSA) is 49.4 Å². The lowest BCUT2D eigenvalue weighted by molar-refractivity contribution is 0.384. The van der Waals surface area contributed by atoms with E-state index in [1.54, 1.807) is 11.2 Å². The summed E-state index contributed by atoms with van der Waals surface area (Å²) in [6.45, 7) is 3.09. The van der Waals surface area contributed by atoms with Crippen molar-refractivity contribution in [3.05, 3.63) is 0 Å². The summed E-state index contributed by atoms with van der Waals surface area (Å²) in [7, 11) is -2.97. The van der Waals surface area contributed by atoms with Crippen molar-refractivity contribution in [1.82, 2.24) is 9.62 Å². The van der Waals surface area contributed by atoms with E-state index < -0.39 is 10.0 Å². The van der Waals surface area contributed by atoms with Crippen LogP contribution in [0.3, 0.4) is 0 Å². The van der Waals surface area contributed by atoms with Crippen molar-refractivity contribution in [2.24, 2.45) is 0 Å². The van der Waals surface area contributed by atoms with Crippen LogP contribution < -0.4 is 5.32 Å². The lowest BCUT2D eigenvalue weighted by Crippen LogP contribution is -2.39. The van der Waals surface area contributed by atoms with Crippen molar-refractivity contribution in [2.75, 3.05) is 18.8 Å². The molecule has 0 aliphatic carbocycles. The highest BCUT2D eigenvalue weighted by Crippen LogP contribution is 2.21. The molecule has 0 aromatic carbocycles. The highest BCUT2D eigenvalue weighted by Gasteiger charge is 2.33. The minimum atomic E-state index is -2.97. The zero-order chi connectivity index (χ0) is 10.2. The van der Waals surface area contributed by atoms with E-state index in [0.29, 0.717) is 25.2 Å². The summed E-state index contributed by atoms with van der Waals surface area (Å²) in [5.41, 5.74) is 0. The Morgan fingerprint density at radius 2 is 1.93 bits per heavy atom. The average Bonchev–Trinajstić information content (AvgIpc) is 2.45. The van der Waals surface area contributed by atoms with E-state index in [0.717, 1.165) is 12.8 Å². The number of rotatable bonds is 2. The van der Waals surface area contributed by atoms with E-state index in [9.17, 15) is 8.42 Å². The van der Waals surface area contributed by atoms with Gasteiger partial charge >= 0.3 is 0 Å². The van der Waals surface area contributed by atoms with Crippen LogP contribution in [0.2, 0.25) is 0 Å². The average molecular weight is 255 g/mol. The largest absolute Gasteiger partial charge is 0.310 e. The first-order valence-corrected chi connectivity index (χ1v) is 6.96. The summed E-state index contributed by atoms with van der Waals surface area (Å²) >= 11 is 0. The molecule has 1 N–H and O–H groups in total. The second kappa shape index (κ2) is 4.99. The van der Waals surface area contributed by atoms with Crippen LogP contribution >= 0.6 is 12.4 Å². The fraction of sp³-hybridized carbons (Fsp3) is 1.00. The normalized spacial score (nSPS) is 32.1. The molecule has 2 aliphatic rings. The van der Waals surface area contributed by atoms with E-state index in [2.05, 4.69) is 5.32 Å². The van der Waals surface area contributed by atoms with Crippen molar-refractivity contribution in [3.8, 4) is 0 Å². The van der Waals surface area contributed by atoms with Gasteiger partial charge in [-0.15, -0.1) is 12.4 Å². The van der Waals surface area contributed by atoms with Crippen LogP contribution in [0.5, 0.6) is 0 Å². The standard InChI is InChI=1S/C9H18N2O2S.ClH/c1-2-14(12,13)11-6-5-8-3-4-9(7-11)10-8;/h8-10H,2-7H2,1H3;1H. The molecule has 2 fully saturated rings. The molecule has 0 aromatic heterocycles. The van der Waals surface area contributed by atoms with Crippen molar-refractivity contribution < 1.29 is 8.42 Å². The van der Waals surface area contributed by atoms with Crippen molar-refractivity contribution >= 4 is 22.4 Å². The van der Waals surface area contributed by atoms with Crippen LogP contribution in [0.25, 0.3) is 0 Å². The molecule has 0 spiro atoms. The minimum absolute atomic E-state index is 0. The highest BCUT2D eigenvalue weighted by atomic mass is 35.5. The van der Waals surface area contributed by atoms with E-state index in [1.165, 1.54) is 6.42 Å². The zero-order valence-corrected chi connectivity index (χ0v) is 10.6. The van der Waals surface area contributed by atoms with Crippen LogP contribution in [0.4, 0.5) is 0 Å². The quantitative estimate of drug-likeness (QED) is 0.785. The second-order valence-corrected chi connectivity index (χ2v) is 6.44. The van der Waals surface area contributed by atoms with Gasteiger partial charge in [0.25, 0.3) is 0 Å². The SMILES string of the molecule is CCS(=O)(=O)N1CCC2CCC(C1)N2.Cl. The Hall–Kier alpha value is 0.160. The molecule has 0 saturated carbocycles. The van der Waals surface area contributed by atoms with Gasteiger partial charge in [0.2, 0.25) is 10.0 Å². The van der Waals surface area contributed by atoms with Gasteiger partial charge in [0.15, 0.2) is 0 Å². The molecule has 2 unspecified atom stereocenters. The second-order valence-electron chi connectivity index (χ2n) is 4.19. The first kappa shape index (κ1) is 13.2. The van der Waals surface area contributed by atoms with Gasteiger partial charge in [-0.1, -0.05) is 0 Å². The maximum Gasteiger partial charge on any atom is 0.213 e. The molecule has 2 saturated heterocycles. The van der Waals surface area contributed by atoms with Crippen molar-refractivity contribution in [3.63, 3.8) is 0 Å². The summed E-state index contributed by atoms with van der Waals surface area (Å²) in [6.07, 6.45) is 3.31. The molecule has 2 rings (SSSR count). The number of hydrogen-bond donors (Lipinski definition) is 1. The zero-order valence-electron chi connectivity index (χ0n) is 8.98. The summed E-state index contributed by atoms with van der Waals surface area (Å²) in [6, 6.07) is 0.945. The Morgan fingerprint density at radius 3 is 2.60 bits per heavy atom. The van der Waals surface area contributed by atoms with Crippen LogP contribution in [0.1, 0.15) is 26.2 Å². The van der Waals surface area contributed by atoms with Crippen molar-refractivity contribution in [2.45, 2.75) is 38.3 Å². The van der Waals surface area contributed by atoms with Gasteiger partial charge in [0.1, 0.15) is 0 Å². The van der Waals surface area contributed by atoms with Crippen molar-refractivity contribution in [1.29, 1.82) is 0 Å². The molecular formula is C9H19ClN2O2S. The number of fused-ring (bicyclic) bond motifs is 2. The smallest absolute Gasteiger partial charge is 0.213 e. The van der Waals surface area contributed by atoms with Crippen LogP contribution in [0.15, 0.2) is 0 Å². The van der Waals surface area contributed by atoms with E-state index in [4.69, 9.17) is 0 Å². The molecule has 6 heteroatoms. The molecule has 0 amide bonds. The highest BCUT2D eigenvalue weighted by molar-refractivity contribution is 7.89. The predicted octanol–water partition coefficient (Wildman–Crippen LogP) is 0.584. The molecule has 2 aliphatic heterocycles. The predicted molar refractivity (Wildman–Crippen MR) is 62.8 cm³/mol. The minimum Gasteiger partial charge on any atom is -0.310 e. The third-order valence-corrected chi connectivity index (χ3v) is 5.09.